The quantitative estimate of drug-likeness (QED) is 0.211. The highest BCUT2D eigenvalue weighted by molar-refractivity contribution is 8.14. The third-order valence-electron chi connectivity index (χ3n) is 7.77. The first-order chi connectivity index (χ1) is 21.4. The Bertz CT molecular complexity index is 1670. The van der Waals surface area contributed by atoms with Crippen LogP contribution in [0.3, 0.4) is 0 Å². The van der Waals surface area contributed by atoms with Gasteiger partial charge in [0, 0.05) is 35.5 Å². The van der Waals surface area contributed by atoms with Gasteiger partial charge in [-0.1, -0.05) is 68.9 Å². The molecule has 0 aliphatic carbocycles. The van der Waals surface area contributed by atoms with Gasteiger partial charge in [0.2, 0.25) is 0 Å². The van der Waals surface area contributed by atoms with Crippen molar-refractivity contribution in [1.82, 2.24) is 20.1 Å². The second-order valence-electron chi connectivity index (χ2n) is 11.3. The highest BCUT2D eigenvalue weighted by atomic mass is 32.2. The molecule has 45 heavy (non-hydrogen) atoms. The van der Waals surface area contributed by atoms with Crippen LogP contribution in [-0.2, 0) is 0 Å². The van der Waals surface area contributed by atoms with E-state index in [-0.39, 0.29) is 23.7 Å². The van der Waals surface area contributed by atoms with Gasteiger partial charge in [-0.15, -0.1) is 18.3 Å². The first-order valence-electron chi connectivity index (χ1n) is 14.7. The van der Waals surface area contributed by atoms with Gasteiger partial charge < -0.3 is 15.0 Å². The number of thioether (sulfide) groups is 1. The number of carbonyl (C=O) groups is 1. The van der Waals surface area contributed by atoms with Crippen LogP contribution in [-0.4, -0.2) is 50.7 Å². The summed E-state index contributed by atoms with van der Waals surface area (Å²) in [4.78, 5) is 24.0. The van der Waals surface area contributed by atoms with Crippen molar-refractivity contribution in [3.63, 3.8) is 0 Å². The Labute approximate surface area is 264 Å². The summed E-state index contributed by atoms with van der Waals surface area (Å²) in [5, 5.41) is 8.22. The summed E-state index contributed by atoms with van der Waals surface area (Å²) in [7, 11) is 0. The van der Waals surface area contributed by atoms with Gasteiger partial charge in [-0.2, -0.15) is 4.99 Å². The summed E-state index contributed by atoms with van der Waals surface area (Å²) in [6, 6.07) is 18.9. The van der Waals surface area contributed by atoms with Crippen LogP contribution in [0.1, 0.15) is 56.2 Å². The second kappa shape index (κ2) is 13.4. The van der Waals surface area contributed by atoms with Crippen molar-refractivity contribution < 1.29 is 22.7 Å². The summed E-state index contributed by atoms with van der Waals surface area (Å²) in [5.41, 5.74) is 5.95. The van der Waals surface area contributed by atoms with Gasteiger partial charge in [0.15, 0.2) is 11.0 Å². The van der Waals surface area contributed by atoms with Crippen molar-refractivity contribution in [1.29, 1.82) is 0 Å². The SMILES string of the molecule is Cc1cccc(N2CCSC2=NC(=O)NC(C)C(C)c2ccc(-c3ncn(-c4ccc(OC(F)(F)F)cc4)n3)cc2)c1C(C)C. The van der Waals surface area contributed by atoms with Gasteiger partial charge in [-0.05, 0) is 66.8 Å². The van der Waals surface area contributed by atoms with E-state index in [2.05, 4.69) is 62.9 Å². The maximum Gasteiger partial charge on any atom is 0.573 e. The predicted molar refractivity (Wildman–Crippen MR) is 172 cm³/mol. The number of carbonyl (C=O) groups excluding carboxylic acids is 1. The standard InChI is InChI=1S/C33H35F3N6O2S/c1-20(2)29-21(3)7-6-8-28(29)41-17-18-45-32(41)39-31(43)38-23(5)22(4)24-9-11-25(12-10-24)30-37-19-42(40-30)26-13-15-27(16-14-26)44-33(34,35)36/h6-16,19-20,22-23H,17-18H2,1-5H3,(H,38,43). The van der Waals surface area contributed by atoms with Crippen LogP contribution >= 0.6 is 11.8 Å². The van der Waals surface area contributed by atoms with Gasteiger partial charge in [0.1, 0.15) is 12.1 Å². The van der Waals surface area contributed by atoms with Gasteiger partial charge in [-0.3, -0.25) is 0 Å². The molecule has 236 valence electrons. The number of aryl methyl sites for hydroxylation is 1. The Balaban J connectivity index is 1.22. The molecule has 1 aliphatic rings. The third kappa shape index (κ3) is 7.67. The molecule has 1 fully saturated rings. The number of rotatable bonds is 8. The minimum atomic E-state index is -4.75. The number of alkyl halides is 3. The van der Waals surface area contributed by atoms with Crippen molar-refractivity contribution in [3.8, 4) is 22.8 Å². The molecule has 2 heterocycles. The molecule has 4 aromatic rings. The lowest BCUT2D eigenvalue weighted by atomic mass is 9.93. The van der Waals surface area contributed by atoms with E-state index in [0.29, 0.717) is 22.6 Å². The molecule has 1 aromatic heterocycles. The third-order valence-corrected chi connectivity index (χ3v) is 8.72. The number of aromatic nitrogens is 3. The Morgan fingerprint density at radius 3 is 2.40 bits per heavy atom. The molecule has 3 aromatic carbocycles. The predicted octanol–water partition coefficient (Wildman–Crippen LogP) is 8.08. The number of halogens is 3. The normalized spacial score (nSPS) is 15.8. The lowest BCUT2D eigenvalue weighted by Gasteiger charge is -2.25. The van der Waals surface area contributed by atoms with Crippen molar-refractivity contribution in [2.45, 2.75) is 58.9 Å². The number of anilines is 1. The molecule has 1 aliphatic heterocycles. The maximum absolute atomic E-state index is 13.0. The summed E-state index contributed by atoms with van der Waals surface area (Å²) >= 11 is 1.59. The molecule has 0 radical (unpaired) electrons. The topological polar surface area (TPSA) is 84.6 Å². The number of aliphatic imine (C=N–C) groups is 1. The Morgan fingerprint density at radius 1 is 1.02 bits per heavy atom. The Kier molecular flexibility index (Phi) is 9.52. The van der Waals surface area contributed by atoms with Gasteiger partial charge in [-0.25, -0.2) is 14.5 Å². The van der Waals surface area contributed by atoms with E-state index in [1.165, 1.54) is 46.4 Å². The van der Waals surface area contributed by atoms with Gasteiger partial charge >= 0.3 is 12.4 Å². The molecular weight excluding hydrogens is 601 g/mol. The Morgan fingerprint density at radius 2 is 1.73 bits per heavy atom. The number of urea groups is 1. The Hall–Kier alpha value is -4.32. The molecule has 0 saturated carbocycles. The number of nitrogens with zero attached hydrogens (tertiary/aromatic N) is 5. The van der Waals surface area contributed by atoms with E-state index < -0.39 is 6.36 Å². The maximum atomic E-state index is 13.0. The zero-order valence-corrected chi connectivity index (χ0v) is 26.5. The molecule has 8 nitrogen and oxygen atoms in total. The van der Waals surface area contributed by atoms with Crippen LogP contribution in [0.5, 0.6) is 5.75 Å². The molecule has 2 atom stereocenters. The number of nitrogens with one attached hydrogen (secondary N) is 1. The zero-order valence-electron chi connectivity index (χ0n) is 25.7. The largest absolute Gasteiger partial charge is 0.573 e. The van der Waals surface area contributed by atoms with E-state index in [1.54, 1.807) is 11.8 Å². The number of hydrogen-bond donors (Lipinski definition) is 1. The van der Waals surface area contributed by atoms with E-state index in [0.717, 1.165) is 29.1 Å². The molecule has 0 bridgehead atoms. The van der Waals surface area contributed by atoms with Gasteiger partial charge in [0.25, 0.3) is 0 Å². The summed E-state index contributed by atoms with van der Waals surface area (Å²) in [6.45, 7) is 11.3. The minimum absolute atomic E-state index is 0.00259. The molecule has 1 N–H and O–H groups in total. The van der Waals surface area contributed by atoms with Gasteiger partial charge in [0.05, 0.1) is 5.69 Å². The van der Waals surface area contributed by atoms with Crippen molar-refractivity contribution in [2.24, 2.45) is 4.99 Å². The van der Waals surface area contributed by atoms with Crippen LogP contribution in [0.4, 0.5) is 23.7 Å². The molecule has 1 saturated heterocycles. The molecule has 2 amide bonds. The summed E-state index contributed by atoms with van der Waals surface area (Å²) in [6.07, 6.45) is -3.25. The van der Waals surface area contributed by atoms with Crippen molar-refractivity contribution >= 4 is 28.6 Å². The lowest BCUT2D eigenvalue weighted by Crippen LogP contribution is -2.36. The minimum Gasteiger partial charge on any atom is -0.406 e. The number of amidine groups is 1. The van der Waals surface area contributed by atoms with E-state index >= 15 is 0 Å². The van der Waals surface area contributed by atoms with Crippen LogP contribution in [0.15, 0.2) is 78.0 Å². The number of benzene rings is 3. The fourth-order valence-electron chi connectivity index (χ4n) is 5.35. The smallest absolute Gasteiger partial charge is 0.406 e. The van der Waals surface area contributed by atoms with E-state index in [1.807, 2.05) is 44.2 Å². The monoisotopic (exact) mass is 636 g/mol. The van der Waals surface area contributed by atoms with Crippen LogP contribution in [0, 0.1) is 6.92 Å². The molecule has 5 rings (SSSR count). The fourth-order valence-corrected chi connectivity index (χ4v) is 6.30. The first kappa shape index (κ1) is 32.1. The van der Waals surface area contributed by atoms with E-state index in [9.17, 15) is 18.0 Å². The first-order valence-corrected chi connectivity index (χ1v) is 15.7. The number of hydrogen-bond acceptors (Lipinski definition) is 5. The summed E-state index contributed by atoms with van der Waals surface area (Å²) in [5.74, 6) is 1.38. The van der Waals surface area contributed by atoms with Crippen LogP contribution in [0.2, 0.25) is 0 Å². The average molecular weight is 637 g/mol. The van der Waals surface area contributed by atoms with Crippen LogP contribution < -0.4 is 15.0 Å². The zero-order chi connectivity index (χ0) is 32.3. The number of amides is 2. The molecule has 0 spiro atoms. The van der Waals surface area contributed by atoms with Crippen LogP contribution in [0.25, 0.3) is 17.1 Å². The molecule has 2 unspecified atom stereocenters. The van der Waals surface area contributed by atoms with Crippen molar-refractivity contribution in [3.05, 3.63) is 89.7 Å². The lowest BCUT2D eigenvalue weighted by molar-refractivity contribution is -0.274. The van der Waals surface area contributed by atoms with E-state index in [4.69, 9.17) is 0 Å². The highest BCUT2D eigenvalue weighted by Crippen LogP contribution is 2.35. The molecular formula is C33H35F3N6O2S. The summed E-state index contributed by atoms with van der Waals surface area (Å²) < 4.78 is 42.7. The number of ether oxygens (including phenoxy) is 1. The highest BCUT2D eigenvalue weighted by Gasteiger charge is 2.31. The average Bonchev–Trinajstić information content (AvgIpc) is 3.66. The van der Waals surface area contributed by atoms with Crippen molar-refractivity contribution in [2.75, 3.05) is 17.2 Å². The molecule has 12 heteroatoms. The second-order valence-corrected chi connectivity index (χ2v) is 12.3. The fraction of sp³-hybridized carbons (Fsp3) is 0.333.